The van der Waals surface area contributed by atoms with Gasteiger partial charge in [-0.2, -0.15) is 4.31 Å². The summed E-state index contributed by atoms with van der Waals surface area (Å²) in [5.74, 6) is 0.0807. The summed E-state index contributed by atoms with van der Waals surface area (Å²) in [6.07, 6.45) is 1.74. The normalized spacial score (nSPS) is 14.8. The molecular weight excluding hydrogens is 400 g/mol. The highest BCUT2D eigenvalue weighted by atomic mass is 35.5. The maximum Gasteiger partial charge on any atom is 0.260 e. The lowest BCUT2D eigenvalue weighted by Crippen LogP contribution is -2.31. The first-order valence-corrected chi connectivity index (χ1v) is 10.9. The molecule has 0 N–H and O–H groups in total. The Morgan fingerprint density at radius 2 is 1.82 bits per heavy atom. The van der Waals surface area contributed by atoms with Gasteiger partial charge in [0, 0.05) is 26.7 Å². The third-order valence-electron chi connectivity index (χ3n) is 4.65. The van der Waals surface area contributed by atoms with Crippen LogP contribution >= 0.6 is 11.6 Å². The van der Waals surface area contributed by atoms with E-state index in [1.165, 1.54) is 22.5 Å². The molecule has 150 valence electrons. The molecule has 0 bridgehead atoms. The minimum absolute atomic E-state index is 0.138. The number of hydrogen-bond acceptors (Lipinski definition) is 4. The number of carbonyl (C=O) groups is 1. The van der Waals surface area contributed by atoms with Crippen LogP contribution in [0.25, 0.3) is 0 Å². The molecule has 6 nitrogen and oxygen atoms in total. The number of rotatable bonds is 7. The Morgan fingerprint density at radius 3 is 2.46 bits per heavy atom. The molecule has 2 aromatic rings. The minimum atomic E-state index is -3.54. The SMILES string of the molecule is CN(Cc1ccccc1)C(=O)COc1ccc(S(=O)(=O)N2CCCC2)cc1Cl. The van der Waals surface area contributed by atoms with Gasteiger partial charge in [-0.05, 0) is 36.6 Å². The lowest BCUT2D eigenvalue weighted by Gasteiger charge is -2.18. The lowest BCUT2D eigenvalue weighted by atomic mass is 10.2. The highest BCUT2D eigenvalue weighted by Crippen LogP contribution is 2.29. The Bertz CT molecular complexity index is 928. The quantitative estimate of drug-likeness (QED) is 0.687. The van der Waals surface area contributed by atoms with Crippen molar-refractivity contribution in [3.8, 4) is 5.75 Å². The molecule has 2 aromatic carbocycles. The number of halogens is 1. The first-order valence-electron chi connectivity index (χ1n) is 9.08. The maximum atomic E-state index is 12.6. The zero-order valence-corrected chi connectivity index (χ0v) is 17.2. The van der Waals surface area contributed by atoms with Crippen LogP contribution in [0.5, 0.6) is 5.75 Å². The number of carbonyl (C=O) groups excluding carboxylic acids is 1. The van der Waals surface area contributed by atoms with E-state index in [0.29, 0.717) is 19.6 Å². The van der Waals surface area contributed by atoms with Crippen LogP contribution in [-0.2, 0) is 21.4 Å². The number of nitrogens with zero attached hydrogens (tertiary/aromatic N) is 2. The van der Waals surface area contributed by atoms with E-state index in [2.05, 4.69) is 0 Å². The van der Waals surface area contributed by atoms with Crippen LogP contribution in [0.1, 0.15) is 18.4 Å². The molecule has 0 unspecified atom stereocenters. The molecule has 1 heterocycles. The smallest absolute Gasteiger partial charge is 0.260 e. The van der Waals surface area contributed by atoms with E-state index in [4.69, 9.17) is 16.3 Å². The molecule has 1 aliphatic rings. The molecule has 0 aromatic heterocycles. The van der Waals surface area contributed by atoms with Crippen LogP contribution in [0, 0.1) is 0 Å². The predicted octanol–water partition coefficient (Wildman–Crippen LogP) is 3.16. The van der Waals surface area contributed by atoms with Crippen LogP contribution in [0.15, 0.2) is 53.4 Å². The van der Waals surface area contributed by atoms with Gasteiger partial charge >= 0.3 is 0 Å². The van der Waals surface area contributed by atoms with Crippen LogP contribution in [0.2, 0.25) is 5.02 Å². The Labute approximate surface area is 170 Å². The number of likely N-dealkylation sites (N-methyl/N-ethyl adjacent to an activating group) is 1. The second kappa shape index (κ2) is 8.94. The molecule has 8 heteroatoms. The summed E-state index contributed by atoms with van der Waals surface area (Å²) < 4.78 is 32.2. The van der Waals surface area contributed by atoms with Crippen molar-refractivity contribution >= 4 is 27.5 Å². The fraction of sp³-hybridized carbons (Fsp3) is 0.350. The number of sulfonamides is 1. The van der Waals surface area contributed by atoms with Crippen molar-refractivity contribution < 1.29 is 17.9 Å². The Balaban J connectivity index is 1.61. The van der Waals surface area contributed by atoms with Crippen molar-refractivity contribution in [3.05, 3.63) is 59.1 Å². The van der Waals surface area contributed by atoms with E-state index in [-0.39, 0.29) is 28.2 Å². The average molecular weight is 423 g/mol. The molecule has 28 heavy (non-hydrogen) atoms. The molecule has 1 aliphatic heterocycles. The van der Waals surface area contributed by atoms with E-state index in [1.807, 2.05) is 30.3 Å². The molecule has 0 radical (unpaired) electrons. The molecule has 0 spiro atoms. The zero-order chi connectivity index (χ0) is 20.1. The van der Waals surface area contributed by atoms with E-state index >= 15 is 0 Å². The number of hydrogen-bond donors (Lipinski definition) is 0. The number of ether oxygens (including phenoxy) is 1. The highest BCUT2D eigenvalue weighted by molar-refractivity contribution is 7.89. The van der Waals surface area contributed by atoms with Gasteiger partial charge in [0.1, 0.15) is 5.75 Å². The Morgan fingerprint density at radius 1 is 1.14 bits per heavy atom. The van der Waals surface area contributed by atoms with Crippen molar-refractivity contribution in [3.63, 3.8) is 0 Å². The standard InChI is InChI=1S/C20H23ClN2O4S/c1-22(14-16-7-3-2-4-8-16)20(24)15-27-19-10-9-17(13-18(19)21)28(25,26)23-11-5-6-12-23/h2-4,7-10,13H,5-6,11-12,14-15H2,1H3. The van der Waals surface area contributed by atoms with Crippen molar-refractivity contribution in [1.82, 2.24) is 9.21 Å². The van der Waals surface area contributed by atoms with Gasteiger partial charge in [-0.25, -0.2) is 8.42 Å². The summed E-state index contributed by atoms with van der Waals surface area (Å²) in [7, 11) is -1.84. The molecule has 0 saturated carbocycles. The van der Waals surface area contributed by atoms with Crippen LogP contribution in [0.4, 0.5) is 0 Å². The third kappa shape index (κ3) is 4.84. The van der Waals surface area contributed by atoms with E-state index in [1.54, 1.807) is 11.9 Å². The second-order valence-electron chi connectivity index (χ2n) is 6.73. The molecule has 0 atom stereocenters. The van der Waals surface area contributed by atoms with Crippen LogP contribution in [0.3, 0.4) is 0 Å². The van der Waals surface area contributed by atoms with E-state index in [0.717, 1.165) is 18.4 Å². The molecule has 3 rings (SSSR count). The van der Waals surface area contributed by atoms with Gasteiger partial charge in [0.05, 0.1) is 9.92 Å². The molecular formula is C20H23ClN2O4S. The monoisotopic (exact) mass is 422 g/mol. The molecule has 1 amide bonds. The summed E-state index contributed by atoms with van der Waals surface area (Å²) in [5.41, 5.74) is 1.02. The predicted molar refractivity (Wildman–Crippen MR) is 108 cm³/mol. The van der Waals surface area contributed by atoms with Gasteiger partial charge in [-0.3, -0.25) is 4.79 Å². The summed E-state index contributed by atoms with van der Waals surface area (Å²) >= 11 is 6.20. The van der Waals surface area contributed by atoms with Crippen LogP contribution < -0.4 is 4.74 Å². The lowest BCUT2D eigenvalue weighted by molar-refractivity contribution is -0.132. The van der Waals surface area contributed by atoms with E-state index < -0.39 is 10.0 Å². The fourth-order valence-electron chi connectivity index (χ4n) is 3.03. The van der Waals surface area contributed by atoms with Gasteiger partial charge in [-0.1, -0.05) is 41.9 Å². The van der Waals surface area contributed by atoms with Crippen molar-refractivity contribution in [2.24, 2.45) is 0 Å². The zero-order valence-electron chi connectivity index (χ0n) is 15.7. The first-order chi connectivity index (χ1) is 13.4. The summed E-state index contributed by atoms with van der Waals surface area (Å²) in [6.45, 7) is 1.35. The van der Waals surface area contributed by atoms with Gasteiger partial charge in [0.25, 0.3) is 5.91 Å². The van der Waals surface area contributed by atoms with Gasteiger partial charge < -0.3 is 9.64 Å². The largest absolute Gasteiger partial charge is 0.482 e. The van der Waals surface area contributed by atoms with E-state index in [9.17, 15) is 13.2 Å². The highest BCUT2D eigenvalue weighted by Gasteiger charge is 2.27. The van der Waals surface area contributed by atoms with Gasteiger partial charge in [-0.15, -0.1) is 0 Å². The molecule has 0 aliphatic carbocycles. The summed E-state index contributed by atoms with van der Waals surface area (Å²) in [6, 6.07) is 14.0. The number of amides is 1. The fourth-order valence-corrected chi connectivity index (χ4v) is 4.88. The van der Waals surface area contributed by atoms with Crippen molar-refractivity contribution in [1.29, 1.82) is 0 Å². The Kier molecular flexibility index (Phi) is 6.59. The van der Waals surface area contributed by atoms with Crippen molar-refractivity contribution in [2.45, 2.75) is 24.3 Å². The third-order valence-corrected chi connectivity index (χ3v) is 6.84. The summed E-state index contributed by atoms with van der Waals surface area (Å²) in [4.78, 5) is 14.0. The van der Waals surface area contributed by atoms with Gasteiger partial charge in [0.15, 0.2) is 6.61 Å². The second-order valence-corrected chi connectivity index (χ2v) is 9.07. The number of benzene rings is 2. The first kappa shape index (κ1) is 20.6. The van der Waals surface area contributed by atoms with Crippen LogP contribution in [-0.4, -0.2) is 50.3 Å². The summed E-state index contributed by atoms with van der Waals surface area (Å²) in [5, 5.41) is 0.166. The maximum absolute atomic E-state index is 12.6. The molecule has 1 fully saturated rings. The topological polar surface area (TPSA) is 66.9 Å². The average Bonchev–Trinajstić information content (AvgIpc) is 3.23. The Hall–Kier alpha value is -2.09. The molecule has 1 saturated heterocycles. The van der Waals surface area contributed by atoms with Crippen molar-refractivity contribution in [2.75, 3.05) is 26.7 Å². The minimum Gasteiger partial charge on any atom is -0.482 e. The van der Waals surface area contributed by atoms with Gasteiger partial charge in [0.2, 0.25) is 10.0 Å².